The van der Waals surface area contributed by atoms with Crippen molar-refractivity contribution in [2.45, 2.75) is 0 Å². The molecule has 4 nitrogen and oxygen atoms in total. The van der Waals surface area contributed by atoms with E-state index in [1.54, 1.807) is 24.7 Å². The lowest BCUT2D eigenvalue weighted by molar-refractivity contribution is 1.18. The number of nitrogen functional groups attached to an aromatic ring is 1. The Morgan fingerprint density at radius 3 is 2.94 bits per heavy atom. The van der Waals surface area contributed by atoms with Gasteiger partial charge in [0.25, 0.3) is 0 Å². The van der Waals surface area contributed by atoms with Gasteiger partial charge >= 0.3 is 0 Å². The van der Waals surface area contributed by atoms with Crippen LogP contribution in [0.2, 0.25) is 0 Å². The molecule has 1 aromatic rings. The maximum Gasteiger partial charge on any atom is 0.0923 e. The van der Waals surface area contributed by atoms with Crippen LogP contribution in [0.15, 0.2) is 36.8 Å². The Hall–Kier alpha value is -2.36. The molecule has 0 saturated carbocycles. The number of rotatable bonds is 0. The van der Waals surface area contributed by atoms with Gasteiger partial charge in [0.2, 0.25) is 0 Å². The molecule has 0 atom stereocenters. The van der Waals surface area contributed by atoms with Crippen LogP contribution in [0.4, 0.5) is 5.69 Å². The smallest absolute Gasteiger partial charge is 0.0923 e. The Labute approximate surface area is 90.9 Å². The molecule has 0 aromatic heterocycles. The lowest BCUT2D eigenvalue weighted by Crippen LogP contribution is -2.03. The molecule has 2 aliphatic rings. The molecule has 1 aliphatic heterocycles. The van der Waals surface area contributed by atoms with Crippen molar-refractivity contribution in [3.63, 3.8) is 0 Å². The number of anilines is 1. The van der Waals surface area contributed by atoms with Crippen molar-refractivity contribution in [2.24, 2.45) is 0 Å². The van der Waals surface area contributed by atoms with Crippen LogP contribution in [0, 0.1) is 16.0 Å². The highest BCUT2D eigenvalue weighted by Crippen LogP contribution is 2.23. The largest absolute Gasteiger partial charge is 0.398 e. The fraction of sp³-hybridized carbons (Fsp3) is 0. The number of hydrogen-bond donors (Lipinski definition) is 3. The quantitative estimate of drug-likeness (QED) is 0.523. The zero-order valence-electron chi connectivity index (χ0n) is 8.49. The maximum atomic E-state index is 7.92. The monoisotopic (exact) mass is 210 g/mol. The summed E-state index contributed by atoms with van der Waals surface area (Å²) < 4.78 is 0. The van der Waals surface area contributed by atoms with Crippen molar-refractivity contribution >= 4 is 16.5 Å². The predicted molar refractivity (Wildman–Crippen MR) is 61.7 cm³/mol. The molecule has 4 N–H and O–H groups in total. The molecule has 0 fully saturated rings. The third-order valence-corrected chi connectivity index (χ3v) is 2.75. The number of nitrogens with two attached hydrogens (primary N) is 1. The molecule has 16 heavy (non-hydrogen) atoms. The lowest BCUT2D eigenvalue weighted by atomic mass is 10.0. The molecule has 0 bridgehead atoms. The fourth-order valence-corrected chi connectivity index (χ4v) is 2.02. The second kappa shape index (κ2) is 3.06. The number of H-pyrrole nitrogens is 1. The van der Waals surface area contributed by atoms with E-state index in [-0.39, 0.29) is 0 Å². The summed E-state index contributed by atoms with van der Waals surface area (Å²) in [5, 5.41) is 12.2. The minimum atomic E-state index is 0.474. The first-order valence-corrected chi connectivity index (χ1v) is 4.96. The van der Waals surface area contributed by atoms with Crippen molar-refractivity contribution in [3.05, 3.63) is 52.7 Å². The maximum absolute atomic E-state index is 7.92. The van der Waals surface area contributed by atoms with E-state index in [1.165, 1.54) is 0 Å². The van der Waals surface area contributed by atoms with Crippen LogP contribution in [-0.4, -0.2) is 9.97 Å². The normalized spacial score (nSPS) is 11.0. The summed E-state index contributed by atoms with van der Waals surface area (Å²) >= 11 is 0. The van der Waals surface area contributed by atoms with Crippen LogP contribution in [-0.2, 0) is 0 Å². The van der Waals surface area contributed by atoms with Gasteiger partial charge in [-0.15, -0.1) is 0 Å². The van der Waals surface area contributed by atoms with Crippen LogP contribution in [0.5, 0.6) is 0 Å². The molecule has 1 aromatic carbocycles. The third kappa shape index (κ3) is 1.04. The van der Waals surface area contributed by atoms with E-state index in [0.717, 1.165) is 21.3 Å². The number of nitrogens with one attached hydrogen (secondary N) is 2. The average Bonchev–Trinajstić information content (AvgIpc) is 2.47. The van der Waals surface area contributed by atoms with Crippen molar-refractivity contribution in [2.75, 3.05) is 5.73 Å². The number of hydrogen-bond acceptors (Lipinski definition) is 3. The molecular formula is C12H10N4. The zero-order valence-corrected chi connectivity index (χ0v) is 8.49. The Balaban J connectivity index is 2.75. The van der Waals surface area contributed by atoms with Gasteiger partial charge in [-0.1, -0.05) is 6.07 Å². The summed E-state index contributed by atoms with van der Waals surface area (Å²) in [6.07, 6.45) is 3.33. The van der Waals surface area contributed by atoms with Gasteiger partial charge in [-0.3, -0.25) is 0 Å². The van der Waals surface area contributed by atoms with Gasteiger partial charge in [0.05, 0.1) is 17.0 Å². The summed E-state index contributed by atoms with van der Waals surface area (Å²) in [6.45, 7) is 0. The van der Waals surface area contributed by atoms with Crippen molar-refractivity contribution in [3.8, 4) is 0 Å². The first kappa shape index (κ1) is 8.91. The van der Waals surface area contributed by atoms with Gasteiger partial charge in [0.15, 0.2) is 0 Å². The molecule has 0 radical (unpaired) electrons. The minimum Gasteiger partial charge on any atom is -0.398 e. The molecule has 4 heteroatoms. The van der Waals surface area contributed by atoms with E-state index < -0.39 is 0 Å². The number of fused-ring (bicyclic) bond motifs is 3. The summed E-state index contributed by atoms with van der Waals surface area (Å²) in [5.74, 6) is 0. The summed E-state index contributed by atoms with van der Waals surface area (Å²) in [7, 11) is 0. The Kier molecular flexibility index (Phi) is 1.71. The molecular weight excluding hydrogens is 200 g/mol. The van der Waals surface area contributed by atoms with E-state index in [1.807, 2.05) is 12.1 Å². The van der Waals surface area contributed by atoms with Gasteiger partial charge in [0.1, 0.15) is 0 Å². The van der Waals surface area contributed by atoms with E-state index in [9.17, 15) is 0 Å². The van der Waals surface area contributed by atoms with E-state index in [2.05, 4.69) is 9.97 Å². The number of aromatic nitrogens is 2. The molecule has 0 saturated heterocycles. The Morgan fingerprint density at radius 2 is 2.06 bits per heavy atom. The lowest BCUT2D eigenvalue weighted by Gasteiger charge is -2.04. The summed E-state index contributed by atoms with van der Waals surface area (Å²) in [4.78, 5) is 7.08. The predicted octanol–water partition coefficient (Wildman–Crippen LogP) is 1.35. The van der Waals surface area contributed by atoms with Crippen LogP contribution >= 0.6 is 0 Å². The van der Waals surface area contributed by atoms with Crippen LogP contribution < -0.4 is 11.1 Å². The molecule has 0 amide bonds. The SMILES string of the molecule is N=c1cccc(N)c2c3ccnc[nH]c=3c12. The first-order valence-electron chi connectivity index (χ1n) is 4.96. The summed E-state index contributed by atoms with van der Waals surface area (Å²) in [6, 6.07) is 7.27. The highest BCUT2D eigenvalue weighted by Gasteiger charge is 2.08. The highest BCUT2D eigenvalue weighted by atomic mass is 14.8. The Bertz CT molecular complexity index is 788. The van der Waals surface area contributed by atoms with Crippen molar-refractivity contribution in [1.29, 1.82) is 5.41 Å². The van der Waals surface area contributed by atoms with Crippen LogP contribution in [0.1, 0.15) is 0 Å². The topological polar surface area (TPSA) is 78.6 Å². The average molecular weight is 210 g/mol. The second-order valence-electron chi connectivity index (χ2n) is 3.67. The van der Waals surface area contributed by atoms with Crippen molar-refractivity contribution in [1.82, 2.24) is 9.97 Å². The highest BCUT2D eigenvalue weighted by molar-refractivity contribution is 5.96. The van der Waals surface area contributed by atoms with Crippen LogP contribution in [0.3, 0.4) is 0 Å². The number of aromatic amines is 1. The third-order valence-electron chi connectivity index (χ3n) is 2.75. The fourth-order valence-electron chi connectivity index (χ4n) is 2.02. The van der Waals surface area contributed by atoms with Crippen LogP contribution in [0.25, 0.3) is 10.8 Å². The van der Waals surface area contributed by atoms with Crippen molar-refractivity contribution < 1.29 is 0 Å². The van der Waals surface area contributed by atoms with E-state index in [0.29, 0.717) is 11.0 Å². The van der Waals surface area contributed by atoms with Gasteiger partial charge in [0, 0.05) is 27.9 Å². The summed E-state index contributed by atoms with van der Waals surface area (Å²) in [5.41, 5.74) is 6.65. The Morgan fingerprint density at radius 1 is 1.19 bits per heavy atom. The molecule has 0 spiro atoms. The van der Waals surface area contributed by atoms with Gasteiger partial charge in [-0.25, -0.2) is 4.98 Å². The molecule has 0 unspecified atom stereocenters. The minimum absolute atomic E-state index is 0.474. The zero-order chi connectivity index (χ0) is 11.1. The van der Waals surface area contributed by atoms with E-state index in [4.69, 9.17) is 11.1 Å². The van der Waals surface area contributed by atoms with Gasteiger partial charge in [-0.05, 0) is 18.2 Å². The van der Waals surface area contributed by atoms with Gasteiger partial charge < -0.3 is 16.1 Å². The molecule has 78 valence electrons. The molecule has 1 aliphatic carbocycles. The first-order chi connectivity index (χ1) is 7.79. The number of nitrogens with zero attached hydrogens (tertiary/aromatic N) is 1. The molecule has 1 heterocycles. The standard InChI is InChI=1S/C12H10N4/c13-8-2-1-3-9(14)11-10(8)7-4-5-15-6-16-12(7)11/h1-6,14H,13H2,(H,15,16). The molecule has 3 rings (SSSR count). The van der Waals surface area contributed by atoms with Gasteiger partial charge in [-0.2, -0.15) is 0 Å². The van der Waals surface area contributed by atoms with E-state index >= 15 is 0 Å². The second-order valence-corrected chi connectivity index (χ2v) is 3.67.